The van der Waals surface area contributed by atoms with Crippen LogP contribution in [0, 0.1) is 20.8 Å². The standard InChI is InChI=1S/C26H36N4O/c1-19(2)12-15-29-16-13-24(14-17-29)27-26(31)11-10-25-21(4)28-30(22(25)5)18-23-8-6-20(3)7-9-23/h6-12,24H,13-18H2,1-5H3,(H,27,31)/b11-10+. The van der Waals surface area contributed by atoms with Crippen LogP contribution in [0.4, 0.5) is 0 Å². The summed E-state index contributed by atoms with van der Waals surface area (Å²) < 4.78 is 2.01. The fourth-order valence-electron chi connectivity index (χ4n) is 3.95. The highest BCUT2D eigenvalue weighted by Crippen LogP contribution is 2.17. The molecule has 0 atom stereocenters. The second kappa shape index (κ2) is 10.6. The van der Waals surface area contributed by atoms with E-state index in [4.69, 9.17) is 0 Å². The van der Waals surface area contributed by atoms with Crippen molar-refractivity contribution in [2.45, 2.75) is 60.0 Å². The second-order valence-electron chi connectivity index (χ2n) is 8.93. The lowest BCUT2D eigenvalue weighted by Gasteiger charge is -2.31. The number of carbonyl (C=O) groups is 1. The van der Waals surface area contributed by atoms with Crippen molar-refractivity contribution in [2.24, 2.45) is 0 Å². The van der Waals surface area contributed by atoms with Crippen LogP contribution in [0.3, 0.4) is 0 Å². The van der Waals surface area contributed by atoms with E-state index in [1.807, 2.05) is 17.7 Å². The maximum atomic E-state index is 12.5. The average molecular weight is 421 g/mol. The Kier molecular flexibility index (Phi) is 7.85. The van der Waals surface area contributed by atoms with Crippen LogP contribution in [-0.4, -0.2) is 46.3 Å². The number of allylic oxidation sites excluding steroid dienone is 1. The molecular weight excluding hydrogens is 384 g/mol. The van der Waals surface area contributed by atoms with Gasteiger partial charge >= 0.3 is 0 Å². The number of piperidine rings is 1. The molecule has 1 amide bonds. The molecule has 5 nitrogen and oxygen atoms in total. The van der Waals surface area contributed by atoms with Crippen molar-refractivity contribution in [3.63, 3.8) is 0 Å². The van der Waals surface area contributed by atoms with Crippen LogP contribution in [0.5, 0.6) is 0 Å². The summed E-state index contributed by atoms with van der Waals surface area (Å²) in [7, 11) is 0. The van der Waals surface area contributed by atoms with Gasteiger partial charge in [-0.2, -0.15) is 5.10 Å². The highest BCUT2D eigenvalue weighted by molar-refractivity contribution is 5.92. The average Bonchev–Trinajstić information content (AvgIpc) is 3.00. The SMILES string of the molecule is CC(C)=CCN1CCC(NC(=O)/C=C/c2c(C)nn(Cc3ccc(C)cc3)c2C)CC1. The first-order chi connectivity index (χ1) is 14.8. The van der Waals surface area contributed by atoms with Crippen LogP contribution in [0.25, 0.3) is 6.08 Å². The number of amides is 1. The zero-order chi connectivity index (χ0) is 22.4. The van der Waals surface area contributed by atoms with Crippen molar-refractivity contribution in [1.29, 1.82) is 0 Å². The molecule has 1 aliphatic heterocycles. The van der Waals surface area contributed by atoms with Gasteiger partial charge in [-0.1, -0.05) is 41.5 Å². The molecule has 0 spiro atoms. The van der Waals surface area contributed by atoms with E-state index in [0.29, 0.717) is 0 Å². The molecule has 0 bridgehead atoms. The van der Waals surface area contributed by atoms with E-state index >= 15 is 0 Å². The first kappa shape index (κ1) is 23.0. The lowest BCUT2D eigenvalue weighted by Crippen LogP contribution is -2.44. The van der Waals surface area contributed by atoms with Crippen molar-refractivity contribution >= 4 is 12.0 Å². The smallest absolute Gasteiger partial charge is 0.244 e. The fourth-order valence-corrected chi connectivity index (χ4v) is 3.95. The topological polar surface area (TPSA) is 50.2 Å². The molecule has 0 radical (unpaired) electrons. The minimum atomic E-state index is -0.0205. The van der Waals surface area contributed by atoms with E-state index in [2.05, 4.69) is 73.4 Å². The van der Waals surface area contributed by atoms with Gasteiger partial charge in [0.05, 0.1) is 12.2 Å². The summed E-state index contributed by atoms with van der Waals surface area (Å²) in [4.78, 5) is 14.9. The van der Waals surface area contributed by atoms with Gasteiger partial charge in [0.1, 0.15) is 0 Å². The Labute approximate surface area is 186 Å². The van der Waals surface area contributed by atoms with Crippen molar-refractivity contribution in [3.05, 3.63) is 70.1 Å². The molecule has 5 heteroatoms. The highest BCUT2D eigenvalue weighted by atomic mass is 16.1. The number of aromatic nitrogens is 2. The lowest BCUT2D eigenvalue weighted by molar-refractivity contribution is -0.117. The number of likely N-dealkylation sites (tertiary alicyclic amines) is 1. The number of aryl methyl sites for hydroxylation is 2. The van der Waals surface area contributed by atoms with Gasteiger partial charge in [0, 0.05) is 43.0 Å². The van der Waals surface area contributed by atoms with Gasteiger partial charge in [0.15, 0.2) is 0 Å². The molecule has 2 heterocycles. The van der Waals surface area contributed by atoms with Crippen LogP contribution in [0.15, 0.2) is 42.0 Å². The molecule has 1 aromatic carbocycles. The van der Waals surface area contributed by atoms with Crippen molar-refractivity contribution in [1.82, 2.24) is 20.0 Å². The summed E-state index contributed by atoms with van der Waals surface area (Å²) in [6.45, 7) is 14.2. The van der Waals surface area contributed by atoms with E-state index in [0.717, 1.165) is 56.0 Å². The molecule has 3 rings (SSSR count). The van der Waals surface area contributed by atoms with Gasteiger partial charge in [0.2, 0.25) is 5.91 Å². The summed E-state index contributed by atoms with van der Waals surface area (Å²) in [6, 6.07) is 8.78. The Balaban J connectivity index is 1.54. The minimum Gasteiger partial charge on any atom is -0.350 e. The maximum absolute atomic E-state index is 12.5. The van der Waals surface area contributed by atoms with Gasteiger partial charge in [-0.05, 0) is 59.1 Å². The fraction of sp³-hybridized carbons (Fsp3) is 0.462. The van der Waals surface area contributed by atoms with E-state index < -0.39 is 0 Å². The molecule has 0 saturated carbocycles. The van der Waals surface area contributed by atoms with Gasteiger partial charge in [-0.15, -0.1) is 0 Å². The van der Waals surface area contributed by atoms with E-state index in [1.165, 1.54) is 16.7 Å². The molecule has 1 saturated heterocycles. The Morgan fingerprint density at radius 1 is 1.13 bits per heavy atom. The lowest BCUT2D eigenvalue weighted by atomic mass is 10.0. The third kappa shape index (κ3) is 6.66. The van der Waals surface area contributed by atoms with Gasteiger partial charge < -0.3 is 5.32 Å². The molecule has 1 fully saturated rings. The Morgan fingerprint density at radius 3 is 2.45 bits per heavy atom. The molecule has 1 aromatic heterocycles. The zero-order valence-electron chi connectivity index (χ0n) is 19.6. The van der Waals surface area contributed by atoms with Crippen molar-refractivity contribution in [3.8, 4) is 0 Å². The predicted molar refractivity (Wildman–Crippen MR) is 128 cm³/mol. The van der Waals surface area contributed by atoms with E-state index in [1.54, 1.807) is 6.08 Å². The monoisotopic (exact) mass is 420 g/mol. The second-order valence-corrected chi connectivity index (χ2v) is 8.93. The molecule has 1 N–H and O–H groups in total. The Hall–Kier alpha value is -2.66. The summed E-state index contributed by atoms with van der Waals surface area (Å²) in [6.07, 6.45) is 7.84. The summed E-state index contributed by atoms with van der Waals surface area (Å²) in [5.41, 5.74) is 6.88. The third-order valence-electron chi connectivity index (χ3n) is 5.98. The molecular formula is C26H36N4O. The molecule has 2 aromatic rings. The molecule has 0 unspecified atom stereocenters. The number of nitrogens with one attached hydrogen (secondary N) is 1. The molecule has 0 aliphatic carbocycles. The first-order valence-electron chi connectivity index (χ1n) is 11.3. The zero-order valence-corrected chi connectivity index (χ0v) is 19.6. The van der Waals surface area contributed by atoms with Crippen molar-refractivity contribution in [2.75, 3.05) is 19.6 Å². The van der Waals surface area contributed by atoms with Crippen molar-refractivity contribution < 1.29 is 4.79 Å². The highest BCUT2D eigenvalue weighted by Gasteiger charge is 2.19. The normalized spacial score (nSPS) is 15.4. The maximum Gasteiger partial charge on any atom is 0.244 e. The van der Waals surface area contributed by atoms with Gasteiger partial charge in [0.25, 0.3) is 0 Å². The largest absolute Gasteiger partial charge is 0.350 e. The number of rotatable bonds is 7. The number of hydrogen-bond donors (Lipinski definition) is 1. The minimum absolute atomic E-state index is 0.0205. The van der Waals surface area contributed by atoms with Crippen LogP contribution in [-0.2, 0) is 11.3 Å². The Morgan fingerprint density at radius 2 is 1.81 bits per heavy atom. The predicted octanol–water partition coefficient (Wildman–Crippen LogP) is 4.42. The summed E-state index contributed by atoms with van der Waals surface area (Å²) >= 11 is 0. The molecule has 1 aliphatic rings. The number of benzene rings is 1. The number of carbonyl (C=O) groups excluding carboxylic acids is 1. The number of nitrogens with zero attached hydrogens (tertiary/aromatic N) is 3. The summed E-state index contributed by atoms with van der Waals surface area (Å²) in [5, 5.41) is 7.85. The van der Waals surface area contributed by atoms with Gasteiger partial charge in [-0.3, -0.25) is 14.4 Å². The Bertz CT molecular complexity index is 941. The molecule has 31 heavy (non-hydrogen) atoms. The molecule has 166 valence electrons. The summed E-state index contributed by atoms with van der Waals surface area (Å²) in [5.74, 6) is -0.0205. The van der Waals surface area contributed by atoms with E-state index in [-0.39, 0.29) is 11.9 Å². The number of hydrogen-bond acceptors (Lipinski definition) is 3. The first-order valence-corrected chi connectivity index (χ1v) is 11.3. The third-order valence-corrected chi connectivity index (χ3v) is 5.98. The van der Waals surface area contributed by atoms with Gasteiger partial charge in [-0.25, -0.2) is 0 Å². The van der Waals surface area contributed by atoms with Crippen LogP contribution < -0.4 is 5.32 Å². The van der Waals surface area contributed by atoms with Crippen LogP contribution in [0.1, 0.15) is 54.8 Å². The van der Waals surface area contributed by atoms with Crippen LogP contribution >= 0.6 is 0 Å². The van der Waals surface area contributed by atoms with E-state index in [9.17, 15) is 4.79 Å². The van der Waals surface area contributed by atoms with Crippen LogP contribution in [0.2, 0.25) is 0 Å². The quantitative estimate of drug-likeness (QED) is 0.533.